The molecule has 2 aromatic heterocycles. The van der Waals surface area contributed by atoms with Crippen LogP contribution in [-0.4, -0.2) is 19.2 Å². The highest BCUT2D eigenvalue weighted by molar-refractivity contribution is 7.16. The summed E-state index contributed by atoms with van der Waals surface area (Å²) in [6.07, 6.45) is 4.64. The summed E-state index contributed by atoms with van der Waals surface area (Å²) in [5.74, 6) is 2.58. The molecule has 1 aromatic carbocycles. The van der Waals surface area contributed by atoms with Crippen molar-refractivity contribution in [2.45, 2.75) is 47.0 Å². The first-order valence-electron chi connectivity index (χ1n) is 11.0. The van der Waals surface area contributed by atoms with Gasteiger partial charge in [-0.2, -0.15) is 0 Å². The van der Waals surface area contributed by atoms with Gasteiger partial charge in [0.25, 0.3) is 5.91 Å². The number of nitrogens with one attached hydrogen (secondary N) is 1. The van der Waals surface area contributed by atoms with Crippen molar-refractivity contribution in [3.05, 3.63) is 63.9 Å². The van der Waals surface area contributed by atoms with E-state index in [2.05, 4.69) is 26.1 Å². The summed E-state index contributed by atoms with van der Waals surface area (Å²) in [7, 11) is 1.60. The van der Waals surface area contributed by atoms with Crippen molar-refractivity contribution in [1.29, 1.82) is 0 Å². The van der Waals surface area contributed by atoms with Crippen LogP contribution < -0.4 is 10.1 Å². The fraction of sp³-hybridized carbons (Fsp3) is 0.385. The van der Waals surface area contributed by atoms with E-state index in [9.17, 15) is 4.79 Å². The van der Waals surface area contributed by atoms with Crippen molar-refractivity contribution in [3.8, 4) is 5.75 Å². The minimum atomic E-state index is -0.149. The summed E-state index contributed by atoms with van der Waals surface area (Å²) in [6, 6.07) is 11.2. The second-order valence-corrected chi connectivity index (χ2v) is 10.4. The molecule has 4 rings (SSSR count). The van der Waals surface area contributed by atoms with Crippen LogP contribution in [0.15, 0.2) is 45.8 Å². The number of furan rings is 1. The minimum absolute atomic E-state index is 0.149. The maximum absolute atomic E-state index is 13.5. The quantitative estimate of drug-likeness (QED) is 0.434. The predicted octanol–water partition coefficient (Wildman–Crippen LogP) is 6.81. The Balaban J connectivity index is 1.71. The molecule has 1 unspecified atom stereocenters. The fourth-order valence-electron chi connectivity index (χ4n) is 4.21. The average molecular weight is 451 g/mol. The number of nitrogens with zero attached hydrogens (tertiary/aromatic N) is 1. The number of ether oxygens (including phenoxy) is 1. The third kappa shape index (κ3) is 4.65. The number of aryl methyl sites for hydroxylation is 1. The number of methoxy groups -OCH3 is 1. The maximum Gasteiger partial charge on any atom is 0.259 e. The Morgan fingerprint density at radius 3 is 2.72 bits per heavy atom. The van der Waals surface area contributed by atoms with Crippen LogP contribution in [0.1, 0.15) is 59.5 Å². The Bertz CT molecular complexity index is 1150. The first kappa shape index (κ1) is 22.3. The lowest BCUT2D eigenvalue weighted by atomic mass is 9.72. The number of hydrogen-bond acceptors (Lipinski definition) is 5. The molecule has 168 valence electrons. The van der Waals surface area contributed by atoms with Gasteiger partial charge in [-0.05, 0) is 67.3 Å². The highest BCUT2D eigenvalue weighted by Crippen LogP contribution is 2.45. The summed E-state index contributed by atoms with van der Waals surface area (Å²) >= 11 is 1.63. The number of carbonyl (C=O) groups is 1. The van der Waals surface area contributed by atoms with Crippen LogP contribution in [0.2, 0.25) is 0 Å². The van der Waals surface area contributed by atoms with Gasteiger partial charge in [0.2, 0.25) is 0 Å². The Labute approximate surface area is 193 Å². The van der Waals surface area contributed by atoms with Crippen molar-refractivity contribution in [2.75, 3.05) is 12.4 Å². The zero-order chi connectivity index (χ0) is 22.9. The summed E-state index contributed by atoms with van der Waals surface area (Å²) in [6.45, 7) is 8.79. The van der Waals surface area contributed by atoms with E-state index in [0.29, 0.717) is 28.7 Å². The average Bonchev–Trinajstić information content (AvgIpc) is 3.34. The number of thiophene rings is 1. The smallest absolute Gasteiger partial charge is 0.259 e. The number of benzene rings is 1. The molecule has 0 bridgehead atoms. The number of fused-ring (bicyclic) bond motifs is 1. The monoisotopic (exact) mass is 450 g/mol. The number of anilines is 1. The van der Waals surface area contributed by atoms with Crippen LogP contribution in [0.4, 0.5) is 10.7 Å². The molecule has 0 saturated heterocycles. The molecule has 1 amide bonds. The summed E-state index contributed by atoms with van der Waals surface area (Å²) in [5.41, 5.74) is 2.68. The van der Waals surface area contributed by atoms with E-state index in [-0.39, 0.29) is 11.3 Å². The van der Waals surface area contributed by atoms with Crippen LogP contribution in [0.5, 0.6) is 5.75 Å². The summed E-state index contributed by atoms with van der Waals surface area (Å²) < 4.78 is 11.0. The van der Waals surface area contributed by atoms with E-state index in [1.54, 1.807) is 24.7 Å². The Morgan fingerprint density at radius 1 is 1.25 bits per heavy atom. The molecule has 0 aliphatic heterocycles. The molecule has 0 radical (unpaired) electrons. The van der Waals surface area contributed by atoms with E-state index in [1.807, 2.05) is 43.3 Å². The van der Waals surface area contributed by atoms with Gasteiger partial charge < -0.3 is 14.5 Å². The Kier molecular flexibility index (Phi) is 6.24. The molecule has 1 aliphatic rings. The molecule has 32 heavy (non-hydrogen) atoms. The van der Waals surface area contributed by atoms with Gasteiger partial charge in [-0.1, -0.05) is 32.9 Å². The van der Waals surface area contributed by atoms with Gasteiger partial charge in [0, 0.05) is 4.88 Å². The lowest BCUT2D eigenvalue weighted by Crippen LogP contribution is -2.27. The highest BCUT2D eigenvalue weighted by atomic mass is 32.1. The van der Waals surface area contributed by atoms with Gasteiger partial charge in [0.15, 0.2) is 0 Å². The SMILES string of the molecule is COc1ccccc1NC(=O)c1c(N=Cc2ccc(C)o2)sc2c1CCC(C(C)(C)C)C2. The number of aliphatic imine (C=N–C) groups is 1. The van der Waals surface area contributed by atoms with Crippen LogP contribution in [0, 0.1) is 18.3 Å². The highest BCUT2D eigenvalue weighted by Gasteiger charge is 2.33. The third-order valence-electron chi connectivity index (χ3n) is 6.12. The van der Waals surface area contributed by atoms with Gasteiger partial charge in [0.1, 0.15) is 22.3 Å². The molecule has 1 atom stereocenters. The molecule has 0 fully saturated rings. The van der Waals surface area contributed by atoms with Crippen molar-refractivity contribution >= 4 is 34.1 Å². The number of carbonyl (C=O) groups excluding carboxylic acids is 1. The standard InChI is InChI=1S/C26H30N2O3S/c1-16-10-12-18(31-16)15-27-25-23(24(29)28-20-8-6-7-9-21(20)30-5)19-13-11-17(26(2,3)4)14-22(19)32-25/h6-10,12,15,17H,11,13-14H2,1-5H3,(H,28,29). The fourth-order valence-corrected chi connectivity index (χ4v) is 5.48. The first-order valence-corrected chi connectivity index (χ1v) is 11.8. The molecule has 6 heteroatoms. The molecule has 5 nitrogen and oxygen atoms in total. The normalized spacial score (nSPS) is 16.2. The van der Waals surface area contributed by atoms with Crippen molar-refractivity contribution < 1.29 is 13.9 Å². The van der Waals surface area contributed by atoms with Gasteiger partial charge in [0.05, 0.1) is 24.6 Å². The van der Waals surface area contributed by atoms with Crippen LogP contribution >= 0.6 is 11.3 Å². The lowest BCUT2D eigenvalue weighted by molar-refractivity contribution is 0.102. The number of para-hydroxylation sites is 2. The summed E-state index contributed by atoms with van der Waals surface area (Å²) in [4.78, 5) is 19.4. The van der Waals surface area contributed by atoms with Gasteiger partial charge in [-0.15, -0.1) is 11.3 Å². The Morgan fingerprint density at radius 2 is 2.03 bits per heavy atom. The molecule has 1 aliphatic carbocycles. The van der Waals surface area contributed by atoms with Crippen LogP contribution in [-0.2, 0) is 12.8 Å². The van der Waals surface area contributed by atoms with Crippen molar-refractivity contribution in [2.24, 2.45) is 16.3 Å². The van der Waals surface area contributed by atoms with Gasteiger partial charge in [-0.25, -0.2) is 4.99 Å². The van der Waals surface area contributed by atoms with E-state index >= 15 is 0 Å². The molecule has 0 saturated carbocycles. The molecular weight excluding hydrogens is 420 g/mol. The lowest BCUT2D eigenvalue weighted by Gasteiger charge is -2.33. The third-order valence-corrected chi connectivity index (χ3v) is 7.29. The predicted molar refractivity (Wildman–Crippen MR) is 131 cm³/mol. The van der Waals surface area contributed by atoms with Crippen LogP contribution in [0.25, 0.3) is 0 Å². The van der Waals surface area contributed by atoms with E-state index in [0.717, 1.165) is 35.6 Å². The number of hydrogen-bond donors (Lipinski definition) is 1. The van der Waals surface area contributed by atoms with E-state index in [1.165, 1.54) is 4.88 Å². The molecule has 2 heterocycles. The second kappa shape index (κ2) is 8.94. The Hall–Kier alpha value is -2.86. The molecule has 1 N–H and O–H groups in total. The maximum atomic E-state index is 13.5. The zero-order valence-electron chi connectivity index (χ0n) is 19.3. The van der Waals surface area contributed by atoms with E-state index < -0.39 is 0 Å². The topological polar surface area (TPSA) is 63.8 Å². The summed E-state index contributed by atoms with van der Waals surface area (Å²) in [5, 5.41) is 3.77. The molecule has 3 aromatic rings. The van der Waals surface area contributed by atoms with Crippen molar-refractivity contribution in [3.63, 3.8) is 0 Å². The van der Waals surface area contributed by atoms with Crippen molar-refractivity contribution in [1.82, 2.24) is 0 Å². The molecule has 0 spiro atoms. The second-order valence-electron chi connectivity index (χ2n) is 9.35. The minimum Gasteiger partial charge on any atom is -0.495 e. The van der Waals surface area contributed by atoms with Gasteiger partial charge >= 0.3 is 0 Å². The largest absolute Gasteiger partial charge is 0.495 e. The van der Waals surface area contributed by atoms with Gasteiger partial charge in [-0.3, -0.25) is 4.79 Å². The van der Waals surface area contributed by atoms with E-state index in [4.69, 9.17) is 14.1 Å². The first-order chi connectivity index (χ1) is 15.3. The number of rotatable bonds is 5. The zero-order valence-corrected chi connectivity index (χ0v) is 20.1. The molecular formula is C26H30N2O3S. The number of amides is 1. The van der Waals surface area contributed by atoms with Crippen LogP contribution in [0.3, 0.4) is 0 Å².